The Bertz CT molecular complexity index is 555. The molecule has 0 aromatic heterocycles. The molecule has 122 valence electrons. The highest BCUT2D eigenvalue weighted by Gasteiger charge is 2.47. The van der Waals surface area contributed by atoms with Crippen LogP contribution in [-0.4, -0.2) is 37.5 Å². The second-order valence-corrected chi connectivity index (χ2v) is 6.11. The zero-order chi connectivity index (χ0) is 15.0. The van der Waals surface area contributed by atoms with E-state index in [-0.39, 0.29) is 30.2 Å². The fraction of sp³-hybridized carbons (Fsp3) is 0.562. The van der Waals surface area contributed by atoms with Gasteiger partial charge in [-0.3, -0.25) is 4.79 Å². The van der Waals surface area contributed by atoms with Crippen molar-refractivity contribution < 1.29 is 13.6 Å². The molecule has 1 aromatic rings. The van der Waals surface area contributed by atoms with Crippen molar-refractivity contribution in [1.82, 2.24) is 10.2 Å². The van der Waals surface area contributed by atoms with Gasteiger partial charge in [-0.25, -0.2) is 8.78 Å². The topological polar surface area (TPSA) is 32.3 Å². The molecule has 3 unspecified atom stereocenters. The first-order chi connectivity index (χ1) is 10.1. The summed E-state index contributed by atoms with van der Waals surface area (Å²) in [5.74, 6) is -0.582. The van der Waals surface area contributed by atoms with E-state index < -0.39 is 11.6 Å². The molecule has 3 rings (SSSR count). The lowest BCUT2D eigenvalue weighted by atomic mass is 10.1. The highest BCUT2D eigenvalue weighted by atomic mass is 35.5. The maximum Gasteiger partial charge on any atom is 0.226 e. The van der Waals surface area contributed by atoms with Crippen LogP contribution in [0.2, 0.25) is 0 Å². The Labute approximate surface area is 135 Å². The highest BCUT2D eigenvalue weighted by Crippen LogP contribution is 2.49. The molecule has 1 heterocycles. The van der Waals surface area contributed by atoms with Crippen LogP contribution in [0.1, 0.15) is 24.3 Å². The smallest absolute Gasteiger partial charge is 0.226 e. The number of likely N-dealkylation sites (tertiary alicyclic amines) is 1. The summed E-state index contributed by atoms with van der Waals surface area (Å²) >= 11 is 0. The predicted molar refractivity (Wildman–Crippen MR) is 83.1 cm³/mol. The number of halogens is 3. The highest BCUT2D eigenvalue weighted by molar-refractivity contribution is 5.85. The average molecular weight is 331 g/mol. The van der Waals surface area contributed by atoms with Crippen LogP contribution in [-0.2, 0) is 4.79 Å². The summed E-state index contributed by atoms with van der Waals surface area (Å²) in [6.07, 6.45) is 1.64. The minimum Gasteiger partial charge on any atom is -0.342 e. The second kappa shape index (κ2) is 6.92. The fourth-order valence-corrected chi connectivity index (χ4v) is 3.33. The lowest BCUT2D eigenvalue weighted by Crippen LogP contribution is -2.31. The molecule has 1 saturated heterocycles. The molecule has 0 bridgehead atoms. The van der Waals surface area contributed by atoms with Crippen molar-refractivity contribution in [3.05, 3.63) is 35.4 Å². The largest absolute Gasteiger partial charge is 0.342 e. The Morgan fingerprint density at radius 3 is 2.91 bits per heavy atom. The van der Waals surface area contributed by atoms with Gasteiger partial charge in [0.05, 0.1) is 0 Å². The third-order valence-electron chi connectivity index (χ3n) is 4.56. The van der Waals surface area contributed by atoms with Gasteiger partial charge >= 0.3 is 0 Å². The van der Waals surface area contributed by atoms with Crippen LogP contribution in [0, 0.1) is 23.5 Å². The SMILES string of the molecule is CNCC1CCN(C(=O)C2CC2c2cc(F)ccc2F)C1.Cl. The Morgan fingerprint density at radius 2 is 2.18 bits per heavy atom. The summed E-state index contributed by atoms with van der Waals surface area (Å²) in [6.45, 7) is 2.46. The van der Waals surface area contributed by atoms with Crippen LogP contribution in [0.4, 0.5) is 8.78 Å². The van der Waals surface area contributed by atoms with Gasteiger partial charge in [0.1, 0.15) is 11.6 Å². The van der Waals surface area contributed by atoms with Crippen LogP contribution in [0.25, 0.3) is 0 Å². The van der Waals surface area contributed by atoms with Crippen LogP contribution < -0.4 is 5.32 Å². The number of benzene rings is 1. The van der Waals surface area contributed by atoms with E-state index >= 15 is 0 Å². The zero-order valence-electron chi connectivity index (χ0n) is 12.5. The van der Waals surface area contributed by atoms with Gasteiger partial charge < -0.3 is 10.2 Å². The zero-order valence-corrected chi connectivity index (χ0v) is 13.3. The van der Waals surface area contributed by atoms with Gasteiger partial charge in [0.25, 0.3) is 0 Å². The van der Waals surface area contributed by atoms with Crippen molar-refractivity contribution in [2.24, 2.45) is 11.8 Å². The molecule has 6 heteroatoms. The van der Waals surface area contributed by atoms with Gasteiger partial charge in [0.15, 0.2) is 0 Å². The summed E-state index contributed by atoms with van der Waals surface area (Å²) in [7, 11) is 1.91. The lowest BCUT2D eigenvalue weighted by molar-refractivity contribution is -0.131. The Balaban J connectivity index is 0.00000176. The summed E-state index contributed by atoms with van der Waals surface area (Å²) in [5.41, 5.74) is 0.347. The summed E-state index contributed by atoms with van der Waals surface area (Å²) < 4.78 is 27.0. The van der Waals surface area contributed by atoms with E-state index in [1.807, 2.05) is 11.9 Å². The van der Waals surface area contributed by atoms with Crippen LogP contribution in [0.5, 0.6) is 0 Å². The standard InChI is InChI=1S/C16H20F2N2O.ClH/c1-19-8-10-4-5-20(9-10)16(21)14-7-12(14)13-6-11(17)2-3-15(13)18;/h2-3,6,10,12,14,19H,4-5,7-9H2,1H3;1H. The van der Waals surface area contributed by atoms with Gasteiger partial charge in [-0.15, -0.1) is 12.4 Å². The van der Waals surface area contributed by atoms with E-state index in [2.05, 4.69) is 5.32 Å². The third kappa shape index (κ3) is 3.41. The van der Waals surface area contributed by atoms with E-state index in [9.17, 15) is 13.6 Å². The predicted octanol–water partition coefficient (Wildman–Crippen LogP) is 2.56. The molecule has 2 aliphatic rings. The van der Waals surface area contributed by atoms with Gasteiger partial charge in [0, 0.05) is 19.0 Å². The first-order valence-corrected chi connectivity index (χ1v) is 7.48. The van der Waals surface area contributed by atoms with Crippen LogP contribution >= 0.6 is 12.4 Å². The molecule has 1 amide bonds. The Hall–Kier alpha value is -1.20. The monoisotopic (exact) mass is 330 g/mol. The minimum atomic E-state index is -0.445. The van der Waals surface area contributed by atoms with Gasteiger partial charge in [0.2, 0.25) is 5.91 Å². The average Bonchev–Trinajstić information content (AvgIpc) is 3.12. The number of hydrogen-bond donors (Lipinski definition) is 1. The summed E-state index contributed by atoms with van der Waals surface area (Å²) in [4.78, 5) is 14.3. The molecular weight excluding hydrogens is 310 g/mol. The quantitative estimate of drug-likeness (QED) is 0.920. The van der Waals surface area contributed by atoms with Crippen molar-refractivity contribution in [3.63, 3.8) is 0 Å². The van der Waals surface area contributed by atoms with E-state index in [4.69, 9.17) is 0 Å². The number of nitrogens with one attached hydrogen (secondary N) is 1. The first-order valence-electron chi connectivity index (χ1n) is 7.48. The van der Waals surface area contributed by atoms with Crippen molar-refractivity contribution >= 4 is 18.3 Å². The van der Waals surface area contributed by atoms with Crippen molar-refractivity contribution in [1.29, 1.82) is 0 Å². The van der Waals surface area contributed by atoms with E-state index in [1.54, 1.807) is 0 Å². The molecule has 0 spiro atoms. The van der Waals surface area contributed by atoms with E-state index in [0.717, 1.165) is 38.2 Å². The van der Waals surface area contributed by atoms with Gasteiger partial charge in [-0.2, -0.15) is 0 Å². The maximum atomic E-state index is 13.7. The number of rotatable bonds is 4. The molecule has 0 radical (unpaired) electrons. The van der Waals surface area contributed by atoms with Crippen molar-refractivity contribution in [2.75, 3.05) is 26.7 Å². The first kappa shape index (κ1) is 17.2. The van der Waals surface area contributed by atoms with Gasteiger partial charge in [-0.1, -0.05) is 0 Å². The van der Waals surface area contributed by atoms with E-state index in [1.165, 1.54) is 6.07 Å². The molecule has 1 aromatic carbocycles. The van der Waals surface area contributed by atoms with Crippen LogP contribution in [0.15, 0.2) is 18.2 Å². The Morgan fingerprint density at radius 1 is 1.41 bits per heavy atom. The molecule has 1 aliphatic heterocycles. The van der Waals surface area contributed by atoms with Crippen molar-refractivity contribution in [3.8, 4) is 0 Å². The molecule has 1 aliphatic carbocycles. The normalized spacial score (nSPS) is 26.7. The number of carbonyl (C=O) groups excluding carboxylic acids is 1. The summed E-state index contributed by atoms with van der Waals surface area (Å²) in [6, 6.07) is 3.48. The second-order valence-electron chi connectivity index (χ2n) is 6.11. The van der Waals surface area contributed by atoms with Gasteiger partial charge in [-0.05, 0) is 62.0 Å². The number of amides is 1. The molecule has 22 heavy (non-hydrogen) atoms. The Kier molecular flexibility index (Phi) is 5.40. The molecule has 1 N–H and O–H groups in total. The fourth-order valence-electron chi connectivity index (χ4n) is 3.33. The molecule has 3 nitrogen and oxygen atoms in total. The number of carbonyl (C=O) groups is 1. The molecular formula is C16H21ClF2N2O. The lowest BCUT2D eigenvalue weighted by Gasteiger charge is -2.16. The third-order valence-corrected chi connectivity index (χ3v) is 4.56. The maximum absolute atomic E-state index is 13.7. The molecule has 3 atom stereocenters. The molecule has 2 fully saturated rings. The number of hydrogen-bond acceptors (Lipinski definition) is 2. The molecule has 1 saturated carbocycles. The number of nitrogens with zero attached hydrogens (tertiary/aromatic N) is 1. The minimum absolute atomic E-state index is 0. The summed E-state index contributed by atoms with van der Waals surface area (Å²) in [5, 5.41) is 3.13. The van der Waals surface area contributed by atoms with Crippen LogP contribution in [0.3, 0.4) is 0 Å². The van der Waals surface area contributed by atoms with E-state index in [0.29, 0.717) is 17.9 Å². The van der Waals surface area contributed by atoms with Crippen molar-refractivity contribution in [2.45, 2.75) is 18.8 Å².